The van der Waals surface area contributed by atoms with Crippen LogP contribution >= 0.6 is 0 Å². The van der Waals surface area contributed by atoms with E-state index in [4.69, 9.17) is 9.47 Å². The molecule has 0 spiro atoms. The summed E-state index contributed by atoms with van der Waals surface area (Å²) in [5.74, 6) is 1.54. The SMILES string of the molecule is CC(C)(C)OC(=O)Nc1ccc2c(c1)CCC(Cc1nnn[nH]1)O2. The molecule has 2 aromatic rings. The van der Waals surface area contributed by atoms with Gasteiger partial charge in [-0.2, -0.15) is 0 Å². The molecule has 0 aliphatic carbocycles. The Morgan fingerprint density at radius 2 is 2.29 bits per heavy atom. The van der Waals surface area contributed by atoms with E-state index in [-0.39, 0.29) is 6.10 Å². The average Bonchev–Trinajstić information content (AvgIpc) is 2.98. The Labute approximate surface area is 139 Å². The summed E-state index contributed by atoms with van der Waals surface area (Å²) in [4.78, 5) is 11.8. The molecule has 0 bridgehead atoms. The van der Waals surface area contributed by atoms with Crippen LogP contribution in [0.5, 0.6) is 5.75 Å². The smallest absolute Gasteiger partial charge is 0.412 e. The lowest BCUT2D eigenvalue weighted by atomic mass is 10.00. The number of rotatable bonds is 3. The van der Waals surface area contributed by atoms with Crippen molar-refractivity contribution in [2.75, 3.05) is 5.32 Å². The van der Waals surface area contributed by atoms with Gasteiger partial charge in [0.05, 0.1) is 0 Å². The summed E-state index contributed by atoms with van der Waals surface area (Å²) >= 11 is 0. The van der Waals surface area contributed by atoms with Crippen molar-refractivity contribution in [1.82, 2.24) is 20.6 Å². The van der Waals surface area contributed by atoms with Crippen molar-refractivity contribution in [2.45, 2.75) is 51.7 Å². The Kier molecular flexibility index (Phi) is 4.37. The number of aromatic nitrogens is 4. The zero-order chi connectivity index (χ0) is 17.2. The molecule has 128 valence electrons. The van der Waals surface area contributed by atoms with Gasteiger partial charge in [0, 0.05) is 12.1 Å². The number of carbonyl (C=O) groups is 1. The number of nitrogens with one attached hydrogen (secondary N) is 2. The van der Waals surface area contributed by atoms with E-state index >= 15 is 0 Å². The molecule has 3 rings (SSSR count). The number of tetrazole rings is 1. The van der Waals surface area contributed by atoms with Crippen molar-refractivity contribution in [3.05, 3.63) is 29.6 Å². The maximum Gasteiger partial charge on any atom is 0.412 e. The van der Waals surface area contributed by atoms with E-state index in [1.54, 1.807) is 6.07 Å². The van der Waals surface area contributed by atoms with Gasteiger partial charge in [0.2, 0.25) is 0 Å². The van der Waals surface area contributed by atoms with Crippen molar-refractivity contribution in [1.29, 1.82) is 0 Å². The number of anilines is 1. The number of hydrogen-bond donors (Lipinski definition) is 2. The summed E-state index contributed by atoms with van der Waals surface area (Å²) in [6.45, 7) is 5.49. The lowest BCUT2D eigenvalue weighted by molar-refractivity contribution is 0.0636. The van der Waals surface area contributed by atoms with Gasteiger partial charge in [-0.15, -0.1) is 5.10 Å². The highest BCUT2D eigenvalue weighted by Gasteiger charge is 2.22. The number of H-pyrrole nitrogens is 1. The summed E-state index contributed by atoms with van der Waals surface area (Å²) in [5.41, 5.74) is 1.24. The van der Waals surface area contributed by atoms with Crippen molar-refractivity contribution in [2.24, 2.45) is 0 Å². The zero-order valence-corrected chi connectivity index (χ0v) is 14.0. The number of amides is 1. The van der Waals surface area contributed by atoms with Gasteiger partial charge in [-0.1, -0.05) is 0 Å². The third kappa shape index (κ3) is 4.21. The predicted octanol–water partition coefficient (Wildman–Crippen LogP) is 2.48. The first-order valence-electron chi connectivity index (χ1n) is 7.91. The van der Waals surface area contributed by atoms with Crippen LogP contribution in [0.25, 0.3) is 0 Å². The molecule has 24 heavy (non-hydrogen) atoms. The fourth-order valence-electron chi connectivity index (χ4n) is 2.57. The molecule has 8 nitrogen and oxygen atoms in total. The highest BCUT2D eigenvalue weighted by Crippen LogP contribution is 2.31. The van der Waals surface area contributed by atoms with E-state index in [1.165, 1.54) is 0 Å². The van der Waals surface area contributed by atoms with Crippen molar-refractivity contribution < 1.29 is 14.3 Å². The van der Waals surface area contributed by atoms with Gasteiger partial charge >= 0.3 is 6.09 Å². The van der Waals surface area contributed by atoms with Crippen molar-refractivity contribution >= 4 is 11.8 Å². The van der Waals surface area contributed by atoms with Gasteiger partial charge in [-0.25, -0.2) is 9.89 Å². The number of aryl methyl sites for hydroxylation is 1. The van der Waals surface area contributed by atoms with Gasteiger partial charge in [0.15, 0.2) is 5.82 Å². The first-order valence-corrected chi connectivity index (χ1v) is 7.91. The number of aromatic amines is 1. The number of benzene rings is 1. The van der Waals surface area contributed by atoms with E-state index in [2.05, 4.69) is 25.9 Å². The third-order valence-corrected chi connectivity index (χ3v) is 3.55. The molecule has 1 aliphatic rings. The van der Waals surface area contributed by atoms with Crippen LogP contribution in [0.3, 0.4) is 0 Å². The fourth-order valence-corrected chi connectivity index (χ4v) is 2.57. The summed E-state index contributed by atoms with van der Waals surface area (Å²) in [7, 11) is 0. The topological polar surface area (TPSA) is 102 Å². The maximum absolute atomic E-state index is 11.8. The lowest BCUT2D eigenvalue weighted by Crippen LogP contribution is -2.27. The van der Waals surface area contributed by atoms with E-state index in [9.17, 15) is 4.79 Å². The van der Waals surface area contributed by atoms with E-state index < -0.39 is 11.7 Å². The second kappa shape index (κ2) is 6.46. The normalized spacial score (nSPS) is 16.9. The lowest BCUT2D eigenvalue weighted by Gasteiger charge is -2.26. The van der Waals surface area contributed by atoms with Crippen LogP contribution in [0, 0.1) is 0 Å². The largest absolute Gasteiger partial charge is 0.490 e. The molecule has 1 aliphatic heterocycles. The Morgan fingerprint density at radius 1 is 1.46 bits per heavy atom. The minimum absolute atomic E-state index is 0.0388. The molecule has 8 heteroatoms. The average molecular weight is 331 g/mol. The van der Waals surface area contributed by atoms with Gasteiger partial charge in [0.25, 0.3) is 0 Å². The summed E-state index contributed by atoms with van der Waals surface area (Å²) in [5, 5.41) is 16.5. The molecule has 2 N–H and O–H groups in total. The molecule has 1 aromatic heterocycles. The first-order chi connectivity index (χ1) is 11.4. The molecule has 1 unspecified atom stereocenters. The van der Waals surface area contributed by atoms with Crippen LogP contribution in [0.2, 0.25) is 0 Å². The summed E-state index contributed by atoms with van der Waals surface area (Å²) < 4.78 is 11.2. The highest BCUT2D eigenvalue weighted by molar-refractivity contribution is 5.85. The molecule has 1 amide bonds. The van der Waals surface area contributed by atoms with Crippen molar-refractivity contribution in [3.8, 4) is 5.75 Å². The highest BCUT2D eigenvalue weighted by atomic mass is 16.6. The van der Waals surface area contributed by atoms with Gasteiger partial charge < -0.3 is 9.47 Å². The quantitative estimate of drug-likeness (QED) is 0.896. The Morgan fingerprint density at radius 3 is 3.00 bits per heavy atom. The van der Waals surface area contributed by atoms with Crippen molar-refractivity contribution in [3.63, 3.8) is 0 Å². The molecule has 1 aromatic carbocycles. The van der Waals surface area contributed by atoms with Crippen LogP contribution < -0.4 is 10.1 Å². The Hall–Kier alpha value is -2.64. The number of nitrogens with zero attached hydrogens (tertiary/aromatic N) is 3. The molecule has 0 saturated carbocycles. The molecular weight excluding hydrogens is 310 g/mol. The molecule has 2 heterocycles. The second-order valence-electron chi connectivity index (χ2n) is 6.78. The molecule has 0 saturated heterocycles. The van der Waals surface area contributed by atoms with Crippen LogP contribution in [0.1, 0.15) is 38.6 Å². The first kappa shape index (κ1) is 16.2. The van der Waals surface area contributed by atoms with Gasteiger partial charge in [-0.05, 0) is 67.8 Å². The van der Waals surface area contributed by atoms with Crippen LogP contribution in [0.4, 0.5) is 10.5 Å². The van der Waals surface area contributed by atoms with E-state index in [0.29, 0.717) is 17.9 Å². The Balaban J connectivity index is 1.62. The second-order valence-corrected chi connectivity index (χ2v) is 6.78. The molecule has 1 atom stereocenters. The minimum atomic E-state index is -0.524. The maximum atomic E-state index is 11.8. The Bertz CT molecular complexity index is 709. The number of carbonyl (C=O) groups excluding carboxylic acids is 1. The number of hydrogen-bond acceptors (Lipinski definition) is 6. The predicted molar refractivity (Wildman–Crippen MR) is 86.9 cm³/mol. The molecule has 0 fully saturated rings. The number of fused-ring (bicyclic) bond motifs is 1. The minimum Gasteiger partial charge on any atom is -0.490 e. The summed E-state index contributed by atoms with van der Waals surface area (Å²) in [6, 6.07) is 5.60. The molecule has 0 radical (unpaired) electrons. The zero-order valence-electron chi connectivity index (χ0n) is 14.0. The van der Waals surface area contributed by atoms with E-state index in [0.717, 1.165) is 24.2 Å². The van der Waals surface area contributed by atoms with Crippen LogP contribution in [-0.2, 0) is 17.6 Å². The van der Waals surface area contributed by atoms with Gasteiger partial charge in [0.1, 0.15) is 17.5 Å². The van der Waals surface area contributed by atoms with Crippen LogP contribution in [-0.4, -0.2) is 38.4 Å². The monoisotopic (exact) mass is 331 g/mol. The van der Waals surface area contributed by atoms with E-state index in [1.807, 2.05) is 32.9 Å². The standard InChI is InChI=1S/C16H21N5O3/c1-16(2,3)24-15(22)17-11-5-7-13-10(8-11)4-6-12(23-13)9-14-18-20-21-19-14/h5,7-8,12H,4,6,9H2,1-3H3,(H,17,22)(H,18,19,20,21). The van der Waals surface area contributed by atoms with Gasteiger partial charge in [-0.3, -0.25) is 5.32 Å². The fraction of sp³-hybridized carbons (Fsp3) is 0.500. The number of ether oxygens (including phenoxy) is 2. The summed E-state index contributed by atoms with van der Waals surface area (Å²) in [6.07, 6.45) is 1.95. The molecular formula is C16H21N5O3. The third-order valence-electron chi connectivity index (χ3n) is 3.55. The van der Waals surface area contributed by atoms with Crippen LogP contribution in [0.15, 0.2) is 18.2 Å².